The van der Waals surface area contributed by atoms with E-state index >= 15 is 0 Å². The number of ether oxygens (including phenoxy) is 1. The molecule has 0 aliphatic rings. The van der Waals surface area contributed by atoms with E-state index in [2.05, 4.69) is 5.32 Å². The summed E-state index contributed by atoms with van der Waals surface area (Å²) in [5, 5.41) is 12.9. The second kappa shape index (κ2) is 7.84. The molecule has 0 atom stereocenters. The highest BCUT2D eigenvalue weighted by molar-refractivity contribution is 6.31. The predicted molar refractivity (Wildman–Crippen MR) is 84.0 cm³/mol. The molecule has 0 saturated heterocycles. The van der Waals surface area contributed by atoms with Gasteiger partial charge in [0.2, 0.25) is 0 Å². The van der Waals surface area contributed by atoms with Gasteiger partial charge in [-0.15, -0.1) is 0 Å². The van der Waals surface area contributed by atoms with E-state index in [1.165, 1.54) is 6.07 Å². The van der Waals surface area contributed by atoms with Gasteiger partial charge in [0.1, 0.15) is 18.2 Å². The van der Waals surface area contributed by atoms with E-state index in [0.29, 0.717) is 0 Å². The molecule has 2 aromatic carbocycles. The number of non-ortho nitro benzene ring substituents is 1. The van der Waals surface area contributed by atoms with Gasteiger partial charge < -0.3 is 10.1 Å². The molecule has 10 heteroatoms. The molecule has 2 aromatic rings. The molecule has 0 aliphatic heterocycles. The maximum absolute atomic E-state index is 13.1. The summed E-state index contributed by atoms with van der Waals surface area (Å²) in [5.41, 5.74) is -0.635. The number of alkyl halides is 2. The normalized spacial score (nSPS) is 10.6. The van der Waals surface area contributed by atoms with E-state index in [9.17, 15) is 28.1 Å². The average Bonchev–Trinajstić information content (AvgIpc) is 2.56. The Kier molecular flexibility index (Phi) is 5.81. The van der Waals surface area contributed by atoms with Crippen LogP contribution in [0.2, 0.25) is 5.02 Å². The molecule has 0 aliphatic carbocycles. The van der Waals surface area contributed by atoms with E-state index in [4.69, 9.17) is 16.3 Å². The van der Waals surface area contributed by atoms with Crippen LogP contribution in [0.3, 0.4) is 0 Å². The van der Waals surface area contributed by atoms with Crippen molar-refractivity contribution >= 4 is 28.9 Å². The van der Waals surface area contributed by atoms with Crippen LogP contribution in [0, 0.1) is 15.9 Å². The fraction of sp³-hybridized carbons (Fsp3) is 0.133. The Bertz CT molecular complexity index is 817. The summed E-state index contributed by atoms with van der Waals surface area (Å²) < 4.78 is 42.6. The first-order valence-electron chi connectivity index (χ1n) is 6.73. The van der Waals surface area contributed by atoms with Gasteiger partial charge >= 0.3 is 0 Å². The lowest BCUT2D eigenvalue weighted by Gasteiger charge is -2.12. The van der Waals surface area contributed by atoms with Crippen LogP contribution in [0.5, 0.6) is 5.75 Å². The summed E-state index contributed by atoms with van der Waals surface area (Å²) in [6.45, 7) is -0.986. The third-order valence-corrected chi connectivity index (χ3v) is 3.25. The standard InChI is InChI=1S/C15H10ClF3N2O4/c16-11-5-8(1-3-12(11)17)20-15(22)10-6-9(21(23)24)2-4-13(10)25-7-14(18)19/h1-6,14H,7H2,(H,20,22). The number of carbonyl (C=O) groups is 1. The van der Waals surface area contributed by atoms with Crippen LogP contribution < -0.4 is 10.1 Å². The van der Waals surface area contributed by atoms with Crippen LogP contribution >= 0.6 is 11.6 Å². The Morgan fingerprint density at radius 1 is 1.28 bits per heavy atom. The van der Waals surface area contributed by atoms with Gasteiger partial charge in [0.05, 0.1) is 15.5 Å². The molecule has 0 unspecified atom stereocenters. The van der Waals surface area contributed by atoms with E-state index in [-0.39, 0.29) is 22.0 Å². The van der Waals surface area contributed by atoms with Crippen molar-refractivity contribution in [2.24, 2.45) is 0 Å². The summed E-state index contributed by atoms with van der Waals surface area (Å²) >= 11 is 5.60. The van der Waals surface area contributed by atoms with E-state index < -0.39 is 35.4 Å². The number of nitro groups is 1. The highest BCUT2D eigenvalue weighted by Crippen LogP contribution is 2.26. The molecule has 0 spiro atoms. The first kappa shape index (κ1) is 18.5. The lowest BCUT2D eigenvalue weighted by atomic mass is 10.1. The average molecular weight is 375 g/mol. The summed E-state index contributed by atoms with van der Waals surface area (Å²) in [5.74, 6) is -1.82. The van der Waals surface area contributed by atoms with Crippen LogP contribution in [0.1, 0.15) is 10.4 Å². The van der Waals surface area contributed by atoms with E-state index in [0.717, 1.165) is 30.3 Å². The minimum Gasteiger partial charge on any atom is -0.487 e. The fourth-order valence-electron chi connectivity index (χ4n) is 1.86. The SMILES string of the molecule is O=C(Nc1ccc(F)c(Cl)c1)c1cc([N+](=O)[O-])ccc1OCC(F)F. The molecule has 25 heavy (non-hydrogen) atoms. The van der Waals surface area contributed by atoms with Gasteiger partial charge in [0.25, 0.3) is 18.0 Å². The summed E-state index contributed by atoms with van der Waals surface area (Å²) in [6.07, 6.45) is -2.79. The van der Waals surface area contributed by atoms with Gasteiger partial charge in [-0.25, -0.2) is 13.2 Å². The number of nitrogens with one attached hydrogen (secondary N) is 1. The first-order chi connectivity index (χ1) is 11.8. The molecule has 0 heterocycles. The maximum atomic E-state index is 13.1. The van der Waals surface area contributed by atoms with Gasteiger partial charge in [0.15, 0.2) is 0 Å². The Morgan fingerprint density at radius 2 is 2.00 bits per heavy atom. The number of anilines is 1. The zero-order valence-corrected chi connectivity index (χ0v) is 13.1. The van der Waals surface area contributed by atoms with Crippen LogP contribution in [0.4, 0.5) is 24.5 Å². The van der Waals surface area contributed by atoms with Crippen molar-refractivity contribution in [2.45, 2.75) is 6.43 Å². The van der Waals surface area contributed by atoms with Gasteiger partial charge in [-0.1, -0.05) is 11.6 Å². The van der Waals surface area contributed by atoms with Crippen molar-refractivity contribution in [3.8, 4) is 5.75 Å². The van der Waals surface area contributed by atoms with Crippen molar-refractivity contribution in [3.63, 3.8) is 0 Å². The first-order valence-corrected chi connectivity index (χ1v) is 7.11. The molecule has 1 N–H and O–H groups in total. The van der Waals surface area contributed by atoms with Crippen molar-refractivity contribution in [3.05, 3.63) is 62.9 Å². The highest BCUT2D eigenvalue weighted by Gasteiger charge is 2.19. The molecular formula is C15H10ClF3N2O4. The second-order valence-electron chi connectivity index (χ2n) is 4.72. The van der Waals surface area contributed by atoms with Crippen molar-refractivity contribution in [2.75, 3.05) is 11.9 Å². The van der Waals surface area contributed by atoms with Crippen LogP contribution in [-0.4, -0.2) is 23.9 Å². The summed E-state index contributed by atoms with van der Waals surface area (Å²) in [4.78, 5) is 22.4. The highest BCUT2D eigenvalue weighted by atomic mass is 35.5. The largest absolute Gasteiger partial charge is 0.487 e. The zero-order chi connectivity index (χ0) is 18.6. The molecule has 6 nitrogen and oxygen atoms in total. The molecule has 0 bridgehead atoms. The smallest absolute Gasteiger partial charge is 0.272 e. The number of nitrogens with zero attached hydrogens (tertiary/aromatic N) is 1. The molecule has 0 aromatic heterocycles. The molecule has 0 radical (unpaired) electrons. The number of hydrogen-bond donors (Lipinski definition) is 1. The molecule has 2 rings (SSSR count). The Morgan fingerprint density at radius 3 is 2.60 bits per heavy atom. The van der Waals surface area contributed by atoms with Crippen molar-refractivity contribution in [1.29, 1.82) is 0 Å². The van der Waals surface area contributed by atoms with Crippen molar-refractivity contribution < 1.29 is 27.6 Å². The van der Waals surface area contributed by atoms with Crippen molar-refractivity contribution in [1.82, 2.24) is 0 Å². The third-order valence-electron chi connectivity index (χ3n) is 2.96. The number of hydrogen-bond acceptors (Lipinski definition) is 4. The van der Waals surface area contributed by atoms with E-state index in [1.54, 1.807) is 0 Å². The van der Waals surface area contributed by atoms with Gasteiger partial charge in [-0.2, -0.15) is 0 Å². The second-order valence-corrected chi connectivity index (χ2v) is 5.13. The number of halogens is 4. The minimum absolute atomic E-state index is 0.114. The zero-order valence-electron chi connectivity index (χ0n) is 12.3. The van der Waals surface area contributed by atoms with Crippen LogP contribution in [0.15, 0.2) is 36.4 Å². The molecule has 0 saturated carbocycles. The predicted octanol–water partition coefficient (Wildman–Crippen LogP) is 4.28. The minimum atomic E-state index is -2.79. The Labute approximate surface area is 144 Å². The van der Waals surface area contributed by atoms with Gasteiger partial charge in [-0.05, 0) is 24.3 Å². The molecule has 1 amide bonds. The quantitative estimate of drug-likeness (QED) is 0.604. The third kappa shape index (κ3) is 4.83. The molecular weight excluding hydrogens is 365 g/mol. The number of amides is 1. The lowest BCUT2D eigenvalue weighted by Crippen LogP contribution is -2.16. The number of benzene rings is 2. The van der Waals surface area contributed by atoms with Gasteiger partial charge in [-0.3, -0.25) is 14.9 Å². The molecule has 132 valence electrons. The van der Waals surface area contributed by atoms with Crippen LogP contribution in [-0.2, 0) is 0 Å². The summed E-state index contributed by atoms with van der Waals surface area (Å²) in [6, 6.07) is 6.32. The van der Waals surface area contributed by atoms with E-state index in [1.807, 2.05) is 0 Å². The number of nitro benzene ring substituents is 1. The Hall–Kier alpha value is -2.81. The Balaban J connectivity index is 2.32. The monoisotopic (exact) mass is 374 g/mol. The topological polar surface area (TPSA) is 81.5 Å². The lowest BCUT2D eigenvalue weighted by molar-refractivity contribution is -0.384. The summed E-state index contributed by atoms with van der Waals surface area (Å²) in [7, 11) is 0. The number of carbonyl (C=O) groups excluding carboxylic acids is 1. The number of rotatable bonds is 6. The fourth-order valence-corrected chi connectivity index (χ4v) is 2.04. The molecule has 0 fully saturated rings. The van der Waals surface area contributed by atoms with Gasteiger partial charge in [0, 0.05) is 17.8 Å². The maximum Gasteiger partial charge on any atom is 0.272 e. The van der Waals surface area contributed by atoms with Crippen LogP contribution in [0.25, 0.3) is 0 Å².